The van der Waals surface area contributed by atoms with Crippen molar-refractivity contribution in [2.75, 3.05) is 13.2 Å². The molecule has 2 rings (SSSR count). The summed E-state index contributed by atoms with van der Waals surface area (Å²) in [5.74, 6) is 0. The molecule has 0 fully saturated rings. The highest BCUT2D eigenvalue weighted by atomic mass is 28.4. The van der Waals surface area contributed by atoms with Gasteiger partial charge in [0.1, 0.15) is 5.60 Å². The molecule has 0 spiro atoms. The quantitative estimate of drug-likeness (QED) is 0.445. The van der Waals surface area contributed by atoms with Crippen LogP contribution in [0.5, 0.6) is 0 Å². The number of hydrogen-bond acceptors (Lipinski definition) is 6. The predicted octanol–water partition coefficient (Wildman–Crippen LogP) is 3.22. The summed E-state index contributed by atoms with van der Waals surface area (Å²) < 4.78 is 12.8. The van der Waals surface area contributed by atoms with Crippen molar-refractivity contribution in [1.82, 2.24) is 9.88 Å². The summed E-state index contributed by atoms with van der Waals surface area (Å²) in [4.78, 5) is 12.6. The van der Waals surface area contributed by atoms with Gasteiger partial charge in [-0.25, -0.2) is 4.79 Å². The van der Waals surface area contributed by atoms with E-state index in [0.29, 0.717) is 18.7 Å². The van der Waals surface area contributed by atoms with Gasteiger partial charge in [-0.3, -0.25) is 4.57 Å². The standard InChI is InChI=1S/C22H37BN2O5Si/c1-21(2,3)30-20(26)25-18-10-9-16(13-17(18)14-19(25)23(27)28)15-24-11-12-29-31(7,8)22(4,5)6/h9-10,13-14,24,27-28H,11-12,15H2,1-8H3. The Hall–Kier alpha value is -1.65. The normalized spacial score (nSPS) is 13.0. The minimum atomic E-state index is -1.78. The van der Waals surface area contributed by atoms with Crippen molar-refractivity contribution in [3.8, 4) is 0 Å². The SMILES string of the molecule is CC(C)(C)OC(=O)n1c(B(O)O)cc2cc(CNCCO[Si](C)(C)C(C)(C)C)ccc21. The fourth-order valence-electron chi connectivity index (χ4n) is 2.93. The molecule has 7 nitrogen and oxygen atoms in total. The first-order valence-corrected chi connectivity index (χ1v) is 13.6. The molecule has 0 saturated carbocycles. The molecule has 0 unspecified atom stereocenters. The lowest BCUT2D eigenvalue weighted by Gasteiger charge is -2.36. The van der Waals surface area contributed by atoms with Crippen LogP contribution in [0.25, 0.3) is 10.9 Å². The zero-order valence-electron chi connectivity index (χ0n) is 20.1. The number of fused-ring (bicyclic) bond motifs is 1. The lowest BCUT2D eigenvalue weighted by molar-refractivity contribution is 0.0547. The Kier molecular flexibility index (Phi) is 7.82. The van der Waals surface area contributed by atoms with Crippen LogP contribution in [0, 0.1) is 0 Å². The molecule has 0 saturated heterocycles. The highest BCUT2D eigenvalue weighted by molar-refractivity contribution is 6.74. The molecule has 0 aliphatic rings. The van der Waals surface area contributed by atoms with Crippen LogP contribution < -0.4 is 10.9 Å². The van der Waals surface area contributed by atoms with Crippen molar-refractivity contribution in [1.29, 1.82) is 0 Å². The van der Waals surface area contributed by atoms with E-state index >= 15 is 0 Å². The number of carbonyl (C=O) groups excluding carboxylic acids is 1. The van der Waals surface area contributed by atoms with E-state index in [1.165, 1.54) is 4.57 Å². The number of nitrogens with one attached hydrogen (secondary N) is 1. The van der Waals surface area contributed by atoms with Crippen LogP contribution in [0.3, 0.4) is 0 Å². The summed E-state index contributed by atoms with van der Waals surface area (Å²) in [5, 5.41) is 23.8. The Labute approximate surface area is 187 Å². The van der Waals surface area contributed by atoms with Crippen LogP contribution >= 0.6 is 0 Å². The summed E-state index contributed by atoms with van der Waals surface area (Å²) in [6.45, 7) is 18.5. The molecule has 0 radical (unpaired) electrons. The van der Waals surface area contributed by atoms with E-state index in [2.05, 4.69) is 39.2 Å². The maximum absolute atomic E-state index is 12.6. The van der Waals surface area contributed by atoms with Crippen LogP contribution in [0.15, 0.2) is 24.3 Å². The minimum absolute atomic E-state index is 0.0807. The molecule has 31 heavy (non-hydrogen) atoms. The molecular formula is C22H37BN2O5Si. The summed E-state index contributed by atoms with van der Waals surface area (Å²) in [7, 11) is -3.53. The van der Waals surface area contributed by atoms with Crippen LogP contribution in [0.2, 0.25) is 18.1 Å². The van der Waals surface area contributed by atoms with Gasteiger partial charge in [0.15, 0.2) is 8.32 Å². The van der Waals surface area contributed by atoms with Gasteiger partial charge in [-0.2, -0.15) is 0 Å². The summed E-state index contributed by atoms with van der Waals surface area (Å²) in [6.07, 6.45) is -0.640. The van der Waals surface area contributed by atoms with E-state index in [4.69, 9.17) is 9.16 Å². The number of ether oxygens (including phenoxy) is 1. The van der Waals surface area contributed by atoms with E-state index in [-0.39, 0.29) is 10.6 Å². The Morgan fingerprint density at radius 2 is 1.77 bits per heavy atom. The van der Waals surface area contributed by atoms with Gasteiger partial charge in [-0.15, -0.1) is 0 Å². The molecule has 0 amide bonds. The first-order chi connectivity index (χ1) is 14.1. The molecule has 0 atom stereocenters. The fourth-order valence-corrected chi connectivity index (χ4v) is 3.97. The third-order valence-electron chi connectivity index (χ3n) is 5.61. The highest BCUT2D eigenvalue weighted by Gasteiger charge is 2.36. The molecule has 3 N–H and O–H groups in total. The fraction of sp³-hybridized carbons (Fsp3) is 0.591. The lowest BCUT2D eigenvalue weighted by Crippen LogP contribution is -2.42. The van der Waals surface area contributed by atoms with E-state index in [1.807, 2.05) is 12.1 Å². The first-order valence-electron chi connectivity index (χ1n) is 10.7. The number of aromatic nitrogens is 1. The topological polar surface area (TPSA) is 93.0 Å². The van der Waals surface area contributed by atoms with Gasteiger partial charge in [-0.05, 0) is 62.7 Å². The van der Waals surface area contributed by atoms with Crippen molar-refractivity contribution in [3.05, 3.63) is 29.8 Å². The molecule has 9 heteroatoms. The van der Waals surface area contributed by atoms with E-state index < -0.39 is 27.1 Å². The van der Waals surface area contributed by atoms with Gasteiger partial charge in [0, 0.05) is 25.1 Å². The Morgan fingerprint density at radius 1 is 1.13 bits per heavy atom. The molecule has 0 aliphatic heterocycles. The number of hydrogen-bond donors (Lipinski definition) is 3. The number of carbonyl (C=O) groups is 1. The van der Waals surface area contributed by atoms with E-state index in [1.54, 1.807) is 32.9 Å². The van der Waals surface area contributed by atoms with Crippen LogP contribution in [0.1, 0.15) is 47.1 Å². The minimum Gasteiger partial charge on any atom is -0.443 e. The van der Waals surface area contributed by atoms with Crippen LogP contribution in [0.4, 0.5) is 4.79 Å². The maximum Gasteiger partial charge on any atom is 0.506 e. The molecule has 0 bridgehead atoms. The highest BCUT2D eigenvalue weighted by Crippen LogP contribution is 2.36. The van der Waals surface area contributed by atoms with Crippen LogP contribution in [-0.4, -0.2) is 54.9 Å². The summed E-state index contributed by atoms with van der Waals surface area (Å²) in [6, 6.07) is 7.25. The third-order valence-corrected chi connectivity index (χ3v) is 10.2. The van der Waals surface area contributed by atoms with Crippen molar-refractivity contribution in [2.45, 2.75) is 71.8 Å². The van der Waals surface area contributed by atoms with Crippen molar-refractivity contribution >= 4 is 38.0 Å². The third kappa shape index (κ3) is 6.66. The van der Waals surface area contributed by atoms with E-state index in [9.17, 15) is 14.8 Å². The average Bonchev–Trinajstić information content (AvgIpc) is 2.98. The largest absolute Gasteiger partial charge is 0.506 e. The number of nitrogens with zero attached hydrogens (tertiary/aromatic N) is 1. The van der Waals surface area contributed by atoms with Gasteiger partial charge in [0.25, 0.3) is 0 Å². The second kappa shape index (κ2) is 9.46. The molecule has 1 aromatic carbocycles. The second-order valence-electron chi connectivity index (χ2n) is 10.4. The van der Waals surface area contributed by atoms with Gasteiger partial charge in [-0.1, -0.05) is 26.8 Å². The Morgan fingerprint density at radius 3 is 2.32 bits per heavy atom. The van der Waals surface area contributed by atoms with Gasteiger partial charge < -0.3 is 24.5 Å². The number of benzene rings is 1. The van der Waals surface area contributed by atoms with Crippen LogP contribution in [-0.2, 0) is 15.7 Å². The molecule has 172 valence electrons. The van der Waals surface area contributed by atoms with Gasteiger partial charge in [0.2, 0.25) is 0 Å². The average molecular weight is 448 g/mol. The van der Waals surface area contributed by atoms with Gasteiger partial charge >= 0.3 is 13.2 Å². The molecule has 0 aliphatic carbocycles. The first kappa shape index (κ1) is 25.6. The van der Waals surface area contributed by atoms with Crippen molar-refractivity contribution in [3.63, 3.8) is 0 Å². The molecule has 2 aromatic rings. The molecule has 1 heterocycles. The summed E-state index contributed by atoms with van der Waals surface area (Å²) in [5.41, 5.74) is 0.987. The maximum atomic E-state index is 12.6. The second-order valence-corrected chi connectivity index (χ2v) is 15.2. The molecular weight excluding hydrogens is 411 g/mol. The van der Waals surface area contributed by atoms with Gasteiger partial charge in [0.05, 0.1) is 11.1 Å². The monoisotopic (exact) mass is 448 g/mol. The zero-order valence-corrected chi connectivity index (χ0v) is 21.1. The lowest BCUT2D eigenvalue weighted by atomic mass is 9.86. The Balaban J connectivity index is 2.09. The van der Waals surface area contributed by atoms with E-state index in [0.717, 1.165) is 17.5 Å². The Bertz CT molecular complexity index is 913. The molecule has 1 aromatic heterocycles. The van der Waals surface area contributed by atoms with Crippen molar-refractivity contribution in [2.24, 2.45) is 0 Å². The van der Waals surface area contributed by atoms with Crippen molar-refractivity contribution < 1.29 is 24.0 Å². The zero-order chi connectivity index (χ0) is 23.6. The summed E-state index contributed by atoms with van der Waals surface area (Å²) >= 11 is 0. The smallest absolute Gasteiger partial charge is 0.443 e. The predicted molar refractivity (Wildman–Crippen MR) is 128 cm³/mol. The number of rotatable bonds is 7.